The summed E-state index contributed by atoms with van der Waals surface area (Å²) >= 11 is 0. The molecule has 1 N–H and O–H groups in total. The minimum Gasteiger partial charge on any atom is -0.349 e. The number of rotatable bonds is 5. The van der Waals surface area contributed by atoms with Crippen molar-refractivity contribution in [2.24, 2.45) is 0 Å². The predicted molar refractivity (Wildman–Crippen MR) is 71.4 cm³/mol. The third-order valence-electron chi connectivity index (χ3n) is 2.66. The standard InChI is InChI=1S/C12H15N3O3S/c1-19(17,18)7-5-12(16)14-9-11-13-8-10-4-2-3-6-15(10)11/h2-4,6,8H,5,7,9H2,1H3,(H,14,16). The molecule has 0 aliphatic carbocycles. The van der Waals surface area contributed by atoms with Crippen LogP contribution in [0.25, 0.3) is 5.52 Å². The minimum absolute atomic E-state index is 0.0257. The minimum atomic E-state index is -3.11. The molecule has 6 nitrogen and oxygen atoms in total. The number of hydrogen-bond acceptors (Lipinski definition) is 4. The van der Waals surface area contributed by atoms with Gasteiger partial charge in [0.05, 0.1) is 24.0 Å². The maximum Gasteiger partial charge on any atom is 0.221 e. The fourth-order valence-corrected chi connectivity index (χ4v) is 2.23. The zero-order valence-electron chi connectivity index (χ0n) is 10.5. The first-order valence-electron chi connectivity index (χ1n) is 5.81. The molecule has 7 heteroatoms. The number of hydrogen-bond donors (Lipinski definition) is 1. The molecule has 2 heterocycles. The molecular formula is C12H15N3O3S. The molecule has 0 fully saturated rings. The molecule has 0 unspecified atom stereocenters. The van der Waals surface area contributed by atoms with Gasteiger partial charge in [0.25, 0.3) is 0 Å². The maximum absolute atomic E-state index is 11.5. The third-order valence-corrected chi connectivity index (χ3v) is 3.60. The van der Waals surface area contributed by atoms with Crippen molar-refractivity contribution in [2.45, 2.75) is 13.0 Å². The topological polar surface area (TPSA) is 80.5 Å². The van der Waals surface area contributed by atoms with Gasteiger partial charge in [-0.3, -0.25) is 4.79 Å². The molecular weight excluding hydrogens is 266 g/mol. The molecule has 0 aliphatic heterocycles. The van der Waals surface area contributed by atoms with Crippen molar-refractivity contribution in [3.8, 4) is 0 Å². The number of aromatic nitrogens is 2. The van der Waals surface area contributed by atoms with Crippen molar-refractivity contribution in [1.29, 1.82) is 0 Å². The van der Waals surface area contributed by atoms with Gasteiger partial charge < -0.3 is 9.72 Å². The second-order valence-electron chi connectivity index (χ2n) is 4.33. The van der Waals surface area contributed by atoms with Crippen LogP contribution in [-0.4, -0.2) is 35.7 Å². The van der Waals surface area contributed by atoms with Crippen molar-refractivity contribution in [3.63, 3.8) is 0 Å². The summed E-state index contributed by atoms with van der Waals surface area (Å²) in [5.74, 6) is 0.280. The molecule has 0 aliphatic rings. The molecule has 0 saturated carbocycles. The number of pyridine rings is 1. The van der Waals surface area contributed by atoms with Gasteiger partial charge in [-0.05, 0) is 12.1 Å². The molecule has 2 aromatic heterocycles. The highest BCUT2D eigenvalue weighted by molar-refractivity contribution is 7.90. The molecule has 102 valence electrons. The second kappa shape index (κ2) is 5.40. The summed E-state index contributed by atoms with van der Waals surface area (Å²) in [6.07, 6.45) is 4.67. The Kier molecular flexibility index (Phi) is 3.84. The number of amides is 1. The average Bonchev–Trinajstić information content (AvgIpc) is 2.76. The van der Waals surface area contributed by atoms with Crippen LogP contribution in [0.5, 0.6) is 0 Å². The summed E-state index contributed by atoms with van der Waals surface area (Å²) in [7, 11) is -3.11. The van der Waals surface area contributed by atoms with E-state index in [-0.39, 0.29) is 24.6 Å². The fourth-order valence-electron chi connectivity index (χ4n) is 1.67. The van der Waals surface area contributed by atoms with Gasteiger partial charge in [0.2, 0.25) is 5.91 Å². The van der Waals surface area contributed by atoms with E-state index in [0.29, 0.717) is 5.82 Å². The summed E-state index contributed by atoms with van der Waals surface area (Å²) < 4.78 is 23.8. The summed E-state index contributed by atoms with van der Waals surface area (Å²) in [5, 5.41) is 2.66. The quantitative estimate of drug-likeness (QED) is 0.859. The van der Waals surface area contributed by atoms with Crippen LogP contribution in [0.15, 0.2) is 30.6 Å². The van der Waals surface area contributed by atoms with Crippen molar-refractivity contribution < 1.29 is 13.2 Å². The van der Waals surface area contributed by atoms with Crippen molar-refractivity contribution in [3.05, 3.63) is 36.4 Å². The van der Waals surface area contributed by atoms with Crippen LogP contribution in [0.1, 0.15) is 12.2 Å². The Morgan fingerprint density at radius 1 is 1.42 bits per heavy atom. The molecule has 0 saturated heterocycles. The molecule has 0 atom stereocenters. The molecule has 1 amide bonds. The van der Waals surface area contributed by atoms with Crippen molar-refractivity contribution in [2.75, 3.05) is 12.0 Å². The number of nitrogens with zero attached hydrogens (tertiary/aromatic N) is 2. The summed E-state index contributed by atoms with van der Waals surface area (Å²) in [6.45, 7) is 0.279. The summed E-state index contributed by atoms with van der Waals surface area (Å²) in [4.78, 5) is 15.7. The largest absolute Gasteiger partial charge is 0.349 e. The number of sulfone groups is 1. The number of carbonyl (C=O) groups is 1. The molecule has 2 rings (SSSR count). The SMILES string of the molecule is CS(=O)(=O)CCC(=O)NCc1ncc2ccccn12. The summed E-state index contributed by atoms with van der Waals surface area (Å²) in [5.41, 5.74) is 0.947. The van der Waals surface area contributed by atoms with Crippen LogP contribution in [0.2, 0.25) is 0 Å². The van der Waals surface area contributed by atoms with Crippen LogP contribution in [0.4, 0.5) is 0 Å². The van der Waals surface area contributed by atoms with Crippen LogP contribution < -0.4 is 5.32 Å². The van der Waals surface area contributed by atoms with Gasteiger partial charge in [-0.1, -0.05) is 6.07 Å². The number of imidazole rings is 1. The highest BCUT2D eigenvalue weighted by Gasteiger charge is 2.09. The smallest absolute Gasteiger partial charge is 0.221 e. The van der Waals surface area contributed by atoms with Gasteiger partial charge in [-0.15, -0.1) is 0 Å². The Labute approximate surface area is 111 Å². The zero-order valence-corrected chi connectivity index (χ0v) is 11.4. The Morgan fingerprint density at radius 2 is 2.21 bits per heavy atom. The van der Waals surface area contributed by atoms with Gasteiger partial charge in [-0.2, -0.15) is 0 Å². The van der Waals surface area contributed by atoms with E-state index in [1.807, 2.05) is 28.8 Å². The van der Waals surface area contributed by atoms with E-state index in [2.05, 4.69) is 10.3 Å². The monoisotopic (exact) mass is 281 g/mol. The summed E-state index contributed by atoms with van der Waals surface area (Å²) in [6, 6.07) is 5.71. The first-order valence-corrected chi connectivity index (χ1v) is 7.87. The lowest BCUT2D eigenvalue weighted by atomic mass is 10.4. The number of nitrogens with one attached hydrogen (secondary N) is 1. The van der Waals surface area contributed by atoms with Crippen LogP contribution in [-0.2, 0) is 21.2 Å². The highest BCUT2D eigenvalue weighted by atomic mass is 32.2. The van der Waals surface area contributed by atoms with Gasteiger partial charge in [0, 0.05) is 18.9 Å². The molecule has 2 aromatic rings. The Balaban J connectivity index is 1.94. The van der Waals surface area contributed by atoms with Gasteiger partial charge in [0.15, 0.2) is 0 Å². The van der Waals surface area contributed by atoms with E-state index in [0.717, 1.165) is 11.8 Å². The van der Waals surface area contributed by atoms with E-state index in [9.17, 15) is 13.2 Å². The van der Waals surface area contributed by atoms with E-state index in [1.165, 1.54) is 0 Å². The van der Waals surface area contributed by atoms with E-state index < -0.39 is 9.84 Å². The second-order valence-corrected chi connectivity index (χ2v) is 6.59. The molecule has 0 radical (unpaired) electrons. The van der Waals surface area contributed by atoms with E-state index in [4.69, 9.17) is 0 Å². The molecule has 0 spiro atoms. The predicted octanol–water partition coefficient (Wildman–Crippen LogP) is 0.385. The van der Waals surface area contributed by atoms with Gasteiger partial charge in [-0.25, -0.2) is 13.4 Å². The Bertz CT molecular complexity index is 691. The molecule has 0 bridgehead atoms. The lowest BCUT2D eigenvalue weighted by Crippen LogP contribution is -2.25. The van der Waals surface area contributed by atoms with Crippen LogP contribution in [0, 0.1) is 0 Å². The Hall–Kier alpha value is -1.89. The Morgan fingerprint density at radius 3 is 2.95 bits per heavy atom. The number of carbonyl (C=O) groups excluding carboxylic acids is 1. The van der Waals surface area contributed by atoms with Gasteiger partial charge >= 0.3 is 0 Å². The van der Waals surface area contributed by atoms with Crippen LogP contribution >= 0.6 is 0 Å². The zero-order chi connectivity index (χ0) is 13.9. The highest BCUT2D eigenvalue weighted by Crippen LogP contribution is 2.05. The lowest BCUT2D eigenvalue weighted by molar-refractivity contribution is -0.120. The third kappa shape index (κ3) is 3.78. The van der Waals surface area contributed by atoms with Gasteiger partial charge in [0.1, 0.15) is 15.7 Å². The maximum atomic E-state index is 11.5. The van der Waals surface area contributed by atoms with Crippen LogP contribution in [0.3, 0.4) is 0 Å². The van der Waals surface area contributed by atoms with Crippen molar-refractivity contribution >= 4 is 21.3 Å². The normalized spacial score (nSPS) is 11.6. The fraction of sp³-hybridized carbons (Fsp3) is 0.333. The molecule has 19 heavy (non-hydrogen) atoms. The lowest BCUT2D eigenvalue weighted by Gasteiger charge is -2.04. The first kappa shape index (κ1) is 13.5. The van der Waals surface area contributed by atoms with Crippen molar-refractivity contribution in [1.82, 2.24) is 14.7 Å². The first-order chi connectivity index (χ1) is 8.96. The number of fused-ring (bicyclic) bond motifs is 1. The molecule has 0 aromatic carbocycles. The van der Waals surface area contributed by atoms with E-state index in [1.54, 1.807) is 6.20 Å². The average molecular weight is 281 g/mol. The van der Waals surface area contributed by atoms with E-state index >= 15 is 0 Å².